The number of rotatable bonds is 3. The van der Waals surface area contributed by atoms with E-state index in [4.69, 9.17) is 0 Å². The third-order valence-electron chi connectivity index (χ3n) is 3.03. The molecule has 0 fully saturated rings. The van der Waals surface area contributed by atoms with Gasteiger partial charge in [0.25, 0.3) is 5.91 Å². The highest BCUT2D eigenvalue weighted by Crippen LogP contribution is 2.13. The first-order valence-corrected chi connectivity index (χ1v) is 6.45. The fourth-order valence-electron chi connectivity index (χ4n) is 1.93. The summed E-state index contributed by atoms with van der Waals surface area (Å²) in [5.74, 6) is -0.641. The number of hydrogen-bond acceptors (Lipinski definition) is 4. The zero-order valence-electron chi connectivity index (χ0n) is 12.1. The predicted molar refractivity (Wildman–Crippen MR) is 79.4 cm³/mol. The number of methoxy groups -OCH3 is 1. The minimum Gasteiger partial charge on any atom is -0.465 e. The van der Waals surface area contributed by atoms with Crippen LogP contribution in [0.1, 0.15) is 32.1 Å². The molecule has 0 bridgehead atoms. The number of carbonyl (C=O) groups is 2. The molecule has 0 aliphatic carbocycles. The van der Waals surface area contributed by atoms with Crippen LogP contribution in [0.4, 0.5) is 5.69 Å². The van der Waals surface area contributed by atoms with Crippen molar-refractivity contribution >= 4 is 17.6 Å². The number of amides is 1. The number of nitrogens with one attached hydrogen (secondary N) is 1. The van der Waals surface area contributed by atoms with Crippen molar-refractivity contribution in [3.8, 4) is 0 Å². The average Bonchev–Trinajstić information content (AvgIpc) is 2.47. The molecule has 21 heavy (non-hydrogen) atoms. The normalized spacial score (nSPS) is 10.0. The highest BCUT2D eigenvalue weighted by atomic mass is 16.5. The van der Waals surface area contributed by atoms with E-state index >= 15 is 0 Å². The molecule has 2 aromatic rings. The Hall–Kier alpha value is -2.69. The summed E-state index contributed by atoms with van der Waals surface area (Å²) in [6.07, 6.45) is 0. The molecule has 1 N–H and O–H groups in total. The van der Waals surface area contributed by atoms with Gasteiger partial charge in [0.15, 0.2) is 0 Å². The third kappa shape index (κ3) is 3.45. The molecule has 2 rings (SSSR count). The van der Waals surface area contributed by atoms with E-state index in [0.29, 0.717) is 22.5 Å². The van der Waals surface area contributed by atoms with Crippen LogP contribution in [-0.4, -0.2) is 24.0 Å². The van der Waals surface area contributed by atoms with E-state index in [0.717, 1.165) is 5.69 Å². The number of aryl methyl sites for hydroxylation is 2. The number of esters is 1. The van der Waals surface area contributed by atoms with E-state index in [1.807, 2.05) is 6.92 Å². The van der Waals surface area contributed by atoms with Crippen LogP contribution in [0.15, 0.2) is 36.4 Å². The van der Waals surface area contributed by atoms with Crippen LogP contribution < -0.4 is 5.32 Å². The van der Waals surface area contributed by atoms with Crippen molar-refractivity contribution in [2.24, 2.45) is 0 Å². The summed E-state index contributed by atoms with van der Waals surface area (Å²) in [5, 5.41) is 2.77. The molecule has 0 unspecified atom stereocenters. The number of pyridine rings is 1. The topological polar surface area (TPSA) is 68.3 Å². The molecule has 5 heteroatoms. The zero-order valence-corrected chi connectivity index (χ0v) is 12.1. The molecular weight excluding hydrogens is 268 g/mol. The second-order valence-electron chi connectivity index (χ2n) is 4.61. The highest BCUT2D eigenvalue weighted by molar-refractivity contribution is 6.05. The average molecular weight is 284 g/mol. The van der Waals surface area contributed by atoms with Crippen LogP contribution in [0.5, 0.6) is 0 Å². The van der Waals surface area contributed by atoms with Gasteiger partial charge < -0.3 is 10.1 Å². The Morgan fingerprint density at radius 2 is 1.71 bits per heavy atom. The van der Waals surface area contributed by atoms with E-state index in [9.17, 15) is 9.59 Å². The monoisotopic (exact) mass is 284 g/mol. The fourth-order valence-corrected chi connectivity index (χ4v) is 1.93. The Morgan fingerprint density at radius 3 is 2.29 bits per heavy atom. The van der Waals surface area contributed by atoms with Gasteiger partial charge in [-0.05, 0) is 50.2 Å². The number of aromatic nitrogens is 1. The van der Waals surface area contributed by atoms with Crippen molar-refractivity contribution in [3.05, 3.63) is 58.9 Å². The number of anilines is 1. The molecule has 1 amide bonds. The largest absolute Gasteiger partial charge is 0.465 e. The van der Waals surface area contributed by atoms with Crippen LogP contribution in [0.25, 0.3) is 0 Å². The van der Waals surface area contributed by atoms with Gasteiger partial charge in [-0.15, -0.1) is 0 Å². The maximum atomic E-state index is 12.2. The van der Waals surface area contributed by atoms with E-state index < -0.39 is 5.97 Å². The van der Waals surface area contributed by atoms with Crippen molar-refractivity contribution in [1.82, 2.24) is 4.98 Å². The second-order valence-corrected chi connectivity index (χ2v) is 4.61. The second kappa shape index (κ2) is 6.17. The van der Waals surface area contributed by atoms with Crippen molar-refractivity contribution in [2.45, 2.75) is 13.8 Å². The number of nitrogens with zero attached hydrogens (tertiary/aromatic N) is 1. The summed E-state index contributed by atoms with van der Waals surface area (Å²) in [5.41, 5.74) is 3.11. The van der Waals surface area contributed by atoms with Gasteiger partial charge in [-0.2, -0.15) is 0 Å². The van der Waals surface area contributed by atoms with E-state index in [-0.39, 0.29) is 5.91 Å². The minimum atomic E-state index is -0.411. The Bertz CT molecular complexity index is 678. The smallest absolute Gasteiger partial charge is 0.337 e. The lowest BCUT2D eigenvalue weighted by atomic mass is 10.1. The highest BCUT2D eigenvalue weighted by Gasteiger charge is 2.11. The Morgan fingerprint density at radius 1 is 1.05 bits per heavy atom. The molecule has 0 saturated heterocycles. The van der Waals surface area contributed by atoms with Crippen LogP contribution in [-0.2, 0) is 4.74 Å². The summed E-state index contributed by atoms with van der Waals surface area (Å²) >= 11 is 0. The summed E-state index contributed by atoms with van der Waals surface area (Å²) in [7, 11) is 1.32. The molecule has 1 heterocycles. The maximum Gasteiger partial charge on any atom is 0.337 e. The van der Waals surface area contributed by atoms with Crippen molar-refractivity contribution in [2.75, 3.05) is 12.4 Å². The lowest BCUT2D eigenvalue weighted by Crippen LogP contribution is -2.14. The first-order valence-electron chi connectivity index (χ1n) is 6.45. The van der Waals surface area contributed by atoms with Crippen LogP contribution in [0, 0.1) is 13.8 Å². The third-order valence-corrected chi connectivity index (χ3v) is 3.03. The van der Waals surface area contributed by atoms with Crippen molar-refractivity contribution in [1.29, 1.82) is 0 Å². The van der Waals surface area contributed by atoms with Gasteiger partial charge in [-0.3, -0.25) is 9.78 Å². The molecule has 0 aliphatic heterocycles. The maximum absolute atomic E-state index is 12.2. The van der Waals surface area contributed by atoms with Gasteiger partial charge in [-0.25, -0.2) is 4.79 Å². The Labute approximate surface area is 123 Å². The van der Waals surface area contributed by atoms with Crippen LogP contribution in [0.2, 0.25) is 0 Å². The van der Waals surface area contributed by atoms with E-state index in [2.05, 4.69) is 15.0 Å². The summed E-state index contributed by atoms with van der Waals surface area (Å²) < 4.78 is 4.62. The van der Waals surface area contributed by atoms with Gasteiger partial charge in [0.2, 0.25) is 0 Å². The van der Waals surface area contributed by atoms with Gasteiger partial charge in [-0.1, -0.05) is 0 Å². The molecule has 0 atom stereocenters. The van der Waals surface area contributed by atoms with Gasteiger partial charge in [0.05, 0.1) is 23.9 Å². The molecule has 5 nitrogen and oxygen atoms in total. The number of ether oxygens (including phenoxy) is 1. The SMILES string of the molecule is COC(=O)c1ccc(NC(=O)c2ccc(C)nc2C)cc1. The standard InChI is InChI=1S/C16H16N2O3/c1-10-4-9-14(11(2)17-10)15(19)18-13-7-5-12(6-8-13)16(20)21-3/h4-9H,1-3H3,(H,18,19). The van der Waals surface area contributed by atoms with Crippen LogP contribution in [0.3, 0.4) is 0 Å². The van der Waals surface area contributed by atoms with Crippen LogP contribution >= 0.6 is 0 Å². The molecule has 0 aliphatic rings. The molecule has 1 aromatic heterocycles. The van der Waals surface area contributed by atoms with E-state index in [1.165, 1.54) is 7.11 Å². The minimum absolute atomic E-state index is 0.231. The van der Waals surface area contributed by atoms with Gasteiger partial charge >= 0.3 is 5.97 Å². The summed E-state index contributed by atoms with van der Waals surface area (Å²) in [4.78, 5) is 27.8. The van der Waals surface area contributed by atoms with Crippen molar-refractivity contribution < 1.29 is 14.3 Å². The molecule has 0 saturated carbocycles. The Kier molecular flexibility index (Phi) is 4.33. The molecule has 108 valence electrons. The predicted octanol–water partition coefficient (Wildman–Crippen LogP) is 2.74. The molecule has 0 radical (unpaired) electrons. The Balaban J connectivity index is 2.14. The van der Waals surface area contributed by atoms with Gasteiger partial charge in [0.1, 0.15) is 0 Å². The zero-order chi connectivity index (χ0) is 15.4. The lowest BCUT2D eigenvalue weighted by Gasteiger charge is -2.08. The number of carbonyl (C=O) groups excluding carboxylic acids is 2. The first kappa shape index (κ1) is 14.7. The van der Waals surface area contributed by atoms with Crippen molar-refractivity contribution in [3.63, 3.8) is 0 Å². The fraction of sp³-hybridized carbons (Fsp3) is 0.188. The number of benzene rings is 1. The van der Waals surface area contributed by atoms with E-state index in [1.54, 1.807) is 43.3 Å². The first-order chi connectivity index (χ1) is 10.0. The molecular formula is C16H16N2O3. The molecule has 1 aromatic carbocycles. The van der Waals surface area contributed by atoms with Gasteiger partial charge in [0, 0.05) is 11.4 Å². The lowest BCUT2D eigenvalue weighted by molar-refractivity contribution is 0.0600. The summed E-state index contributed by atoms with van der Waals surface area (Å²) in [6.45, 7) is 3.67. The molecule has 0 spiro atoms. The number of hydrogen-bond donors (Lipinski definition) is 1. The summed E-state index contributed by atoms with van der Waals surface area (Å²) in [6, 6.07) is 10.0. The quantitative estimate of drug-likeness (QED) is 0.880.